The fraction of sp³-hybridized carbons (Fsp3) is 0.625. The van der Waals surface area contributed by atoms with E-state index < -0.39 is 0 Å². The third-order valence-corrected chi connectivity index (χ3v) is 4.49. The number of hydrogen-bond donors (Lipinski definition) is 1. The Morgan fingerprint density at radius 2 is 2.05 bits per heavy atom. The van der Waals surface area contributed by atoms with Crippen LogP contribution < -0.4 is 10.1 Å². The molecule has 0 amide bonds. The summed E-state index contributed by atoms with van der Waals surface area (Å²) in [5, 5.41) is 3.38. The molecule has 0 radical (unpaired) electrons. The van der Waals surface area contributed by atoms with Crippen molar-refractivity contribution in [3.05, 3.63) is 29.6 Å². The molecule has 0 fully saturated rings. The van der Waals surface area contributed by atoms with Crippen LogP contribution >= 0.6 is 0 Å². The van der Waals surface area contributed by atoms with Gasteiger partial charge in [0.15, 0.2) is 11.6 Å². The lowest BCUT2D eigenvalue weighted by Gasteiger charge is -2.42. The highest BCUT2D eigenvalue weighted by Gasteiger charge is 2.33. The minimum absolute atomic E-state index is 0.0190. The van der Waals surface area contributed by atoms with Gasteiger partial charge in [0.2, 0.25) is 0 Å². The van der Waals surface area contributed by atoms with Crippen molar-refractivity contribution in [2.75, 3.05) is 28.3 Å². The second-order valence-corrected chi connectivity index (χ2v) is 5.62. The summed E-state index contributed by atoms with van der Waals surface area (Å²) in [6.45, 7) is 4.41. The SMILES string of the molecule is CCC(C)(C(Cc1ccc(OC)c(F)c1)NC)N(C)C. The van der Waals surface area contributed by atoms with E-state index in [1.807, 2.05) is 13.1 Å². The van der Waals surface area contributed by atoms with Gasteiger partial charge in [-0.3, -0.25) is 0 Å². The molecule has 0 saturated carbocycles. The number of nitrogens with zero attached hydrogens (tertiary/aromatic N) is 1. The average molecular weight is 282 g/mol. The molecular formula is C16H27FN2O. The van der Waals surface area contributed by atoms with E-state index in [1.165, 1.54) is 7.11 Å². The second kappa shape index (κ2) is 7.04. The van der Waals surface area contributed by atoms with Crippen LogP contribution in [0, 0.1) is 5.82 Å². The van der Waals surface area contributed by atoms with Gasteiger partial charge in [0.1, 0.15) is 0 Å². The Morgan fingerprint density at radius 3 is 2.45 bits per heavy atom. The summed E-state index contributed by atoms with van der Waals surface area (Å²) in [6.07, 6.45) is 1.80. The Kier molecular flexibility index (Phi) is 5.96. The highest BCUT2D eigenvalue weighted by atomic mass is 19.1. The predicted molar refractivity (Wildman–Crippen MR) is 81.9 cm³/mol. The van der Waals surface area contributed by atoms with Gasteiger partial charge in [-0.1, -0.05) is 13.0 Å². The summed E-state index contributed by atoms with van der Waals surface area (Å²) in [4.78, 5) is 2.23. The zero-order chi connectivity index (χ0) is 15.3. The number of methoxy groups -OCH3 is 1. The van der Waals surface area contributed by atoms with Crippen LogP contribution in [0.2, 0.25) is 0 Å². The van der Waals surface area contributed by atoms with E-state index in [-0.39, 0.29) is 17.4 Å². The maximum Gasteiger partial charge on any atom is 0.165 e. The van der Waals surface area contributed by atoms with Gasteiger partial charge in [0.05, 0.1) is 7.11 Å². The van der Waals surface area contributed by atoms with Crippen LogP contribution in [0.15, 0.2) is 18.2 Å². The van der Waals surface area contributed by atoms with Crippen LogP contribution in [0.1, 0.15) is 25.8 Å². The summed E-state index contributed by atoms with van der Waals surface area (Å²) in [5.41, 5.74) is 0.995. The van der Waals surface area contributed by atoms with Gasteiger partial charge in [-0.05, 0) is 58.6 Å². The number of rotatable bonds is 7. The van der Waals surface area contributed by atoms with Crippen LogP contribution in [0.5, 0.6) is 5.75 Å². The molecular weight excluding hydrogens is 255 g/mol. The summed E-state index contributed by atoms with van der Waals surface area (Å²) in [6, 6.07) is 5.43. The Labute approximate surface area is 122 Å². The topological polar surface area (TPSA) is 24.5 Å². The van der Waals surface area contributed by atoms with Crippen molar-refractivity contribution in [3.8, 4) is 5.75 Å². The maximum atomic E-state index is 13.8. The first kappa shape index (κ1) is 16.9. The standard InChI is InChI=1S/C16H27FN2O/c1-7-16(2,19(4)5)15(18-3)11-12-8-9-14(20-6)13(17)10-12/h8-10,15,18H,7,11H2,1-6H3. The molecule has 0 aromatic heterocycles. The molecule has 20 heavy (non-hydrogen) atoms. The highest BCUT2D eigenvalue weighted by Crippen LogP contribution is 2.25. The first-order chi connectivity index (χ1) is 9.38. The monoisotopic (exact) mass is 282 g/mol. The zero-order valence-electron chi connectivity index (χ0n) is 13.5. The van der Waals surface area contributed by atoms with Crippen molar-refractivity contribution >= 4 is 0 Å². The van der Waals surface area contributed by atoms with Gasteiger partial charge in [-0.15, -0.1) is 0 Å². The number of halogens is 1. The van der Waals surface area contributed by atoms with Crippen molar-refractivity contribution in [2.24, 2.45) is 0 Å². The highest BCUT2D eigenvalue weighted by molar-refractivity contribution is 5.30. The Balaban J connectivity index is 2.96. The van der Waals surface area contributed by atoms with Crippen LogP contribution in [-0.4, -0.2) is 44.7 Å². The second-order valence-electron chi connectivity index (χ2n) is 5.62. The molecule has 1 aromatic rings. The number of nitrogens with one attached hydrogen (secondary N) is 1. The van der Waals surface area contributed by atoms with E-state index in [2.05, 4.69) is 38.2 Å². The third kappa shape index (κ3) is 3.49. The maximum absolute atomic E-state index is 13.8. The van der Waals surface area contributed by atoms with Crippen LogP contribution in [0.4, 0.5) is 4.39 Å². The van der Waals surface area contributed by atoms with Gasteiger partial charge in [-0.25, -0.2) is 4.39 Å². The molecule has 1 rings (SSSR count). The fourth-order valence-corrected chi connectivity index (χ4v) is 2.58. The van der Waals surface area contributed by atoms with Crippen LogP contribution in [0.25, 0.3) is 0 Å². The molecule has 0 aliphatic rings. The smallest absolute Gasteiger partial charge is 0.165 e. The fourth-order valence-electron chi connectivity index (χ4n) is 2.58. The minimum Gasteiger partial charge on any atom is -0.494 e. The molecule has 0 heterocycles. The molecule has 0 bridgehead atoms. The third-order valence-electron chi connectivity index (χ3n) is 4.49. The van der Waals surface area contributed by atoms with Gasteiger partial charge in [-0.2, -0.15) is 0 Å². The molecule has 0 saturated heterocycles. The molecule has 4 heteroatoms. The number of hydrogen-bond acceptors (Lipinski definition) is 3. The summed E-state index contributed by atoms with van der Waals surface area (Å²) < 4.78 is 18.7. The molecule has 2 unspecified atom stereocenters. The van der Waals surface area contributed by atoms with Crippen LogP contribution in [-0.2, 0) is 6.42 Å². The van der Waals surface area contributed by atoms with Crippen molar-refractivity contribution in [3.63, 3.8) is 0 Å². The molecule has 0 aliphatic carbocycles. The summed E-state index contributed by atoms with van der Waals surface area (Å²) >= 11 is 0. The van der Waals surface area contributed by atoms with E-state index in [1.54, 1.807) is 12.1 Å². The molecule has 0 spiro atoms. The van der Waals surface area contributed by atoms with Crippen LogP contribution in [0.3, 0.4) is 0 Å². The van der Waals surface area contributed by atoms with Gasteiger partial charge in [0, 0.05) is 11.6 Å². The van der Waals surface area contributed by atoms with E-state index in [9.17, 15) is 4.39 Å². The minimum atomic E-state index is -0.303. The molecule has 114 valence electrons. The van der Waals surface area contributed by atoms with E-state index in [0.29, 0.717) is 5.75 Å². The van der Waals surface area contributed by atoms with E-state index in [0.717, 1.165) is 18.4 Å². The van der Waals surface area contributed by atoms with Gasteiger partial charge < -0.3 is 15.0 Å². The number of ether oxygens (including phenoxy) is 1. The molecule has 2 atom stereocenters. The number of likely N-dealkylation sites (N-methyl/N-ethyl adjacent to an activating group) is 2. The lowest BCUT2D eigenvalue weighted by Crippen LogP contribution is -2.56. The van der Waals surface area contributed by atoms with Crippen molar-refractivity contribution in [1.82, 2.24) is 10.2 Å². The lowest BCUT2D eigenvalue weighted by atomic mass is 9.84. The lowest BCUT2D eigenvalue weighted by molar-refractivity contribution is 0.116. The van der Waals surface area contributed by atoms with Gasteiger partial charge in [0.25, 0.3) is 0 Å². The van der Waals surface area contributed by atoms with E-state index in [4.69, 9.17) is 4.74 Å². The molecule has 0 aliphatic heterocycles. The Morgan fingerprint density at radius 1 is 1.40 bits per heavy atom. The summed E-state index contributed by atoms with van der Waals surface area (Å²) in [5.74, 6) is -0.0106. The first-order valence-electron chi connectivity index (χ1n) is 7.06. The van der Waals surface area contributed by atoms with E-state index >= 15 is 0 Å². The van der Waals surface area contributed by atoms with Crippen molar-refractivity contribution in [1.29, 1.82) is 0 Å². The largest absolute Gasteiger partial charge is 0.494 e. The van der Waals surface area contributed by atoms with Crippen molar-refractivity contribution < 1.29 is 9.13 Å². The zero-order valence-corrected chi connectivity index (χ0v) is 13.5. The normalized spacial score (nSPS) is 16.0. The number of benzene rings is 1. The predicted octanol–water partition coefficient (Wildman–Crippen LogP) is 2.70. The average Bonchev–Trinajstić information content (AvgIpc) is 2.43. The van der Waals surface area contributed by atoms with Crippen molar-refractivity contribution in [2.45, 2.75) is 38.3 Å². The Bertz CT molecular complexity index is 436. The molecule has 1 aromatic carbocycles. The Hall–Kier alpha value is -1.13. The molecule has 1 N–H and O–H groups in total. The first-order valence-corrected chi connectivity index (χ1v) is 7.06. The molecule has 3 nitrogen and oxygen atoms in total. The summed E-state index contributed by atoms with van der Waals surface area (Å²) in [7, 11) is 7.61. The quantitative estimate of drug-likeness (QED) is 0.832. The van der Waals surface area contributed by atoms with Gasteiger partial charge >= 0.3 is 0 Å².